The van der Waals surface area contributed by atoms with Crippen molar-refractivity contribution in [2.75, 3.05) is 32.8 Å². The van der Waals surface area contributed by atoms with E-state index in [1.54, 1.807) is 6.92 Å². The Bertz CT molecular complexity index is 483. The van der Waals surface area contributed by atoms with Crippen LogP contribution in [-0.4, -0.2) is 43.6 Å². The number of rotatable bonds is 4. The summed E-state index contributed by atoms with van der Waals surface area (Å²) in [6.45, 7) is 6.44. The highest BCUT2D eigenvalue weighted by Crippen LogP contribution is 2.33. The molecule has 2 heterocycles. The van der Waals surface area contributed by atoms with Crippen molar-refractivity contribution in [3.63, 3.8) is 0 Å². The topological polar surface area (TPSA) is 41.6 Å². The van der Waals surface area contributed by atoms with Gasteiger partial charge in [-0.25, -0.2) is 0 Å². The molecule has 0 spiro atoms. The van der Waals surface area contributed by atoms with Crippen LogP contribution >= 0.6 is 0 Å². The van der Waals surface area contributed by atoms with Gasteiger partial charge < -0.3 is 15.0 Å². The predicted molar refractivity (Wildman–Crippen MR) is 86.8 cm³/mol. The molecule has 2 aliphatic heterocycles. The smallest absolute Gasteiger partial charge is 0.219 e. The Hall–Kier alpha value is -1.55. The molecular weight excluding hydrogens is 276 g/mol. The number of hydrogen-bond donors (Lipinski definition) is 1. The molecule has 0 unspecified atom stereocenters. The molecule has 0 radical (unpaired) electrons. The van der Waals surface area contributed by atoms with Crippen molar-refractivity contribution in [2.45, 2.75) is 19.8 Å². The van der Waals surface area contributed by atoms with E-state index in [0.29, 0.717) is 11.8 Å². The Balaban J connectivity index is 1.52. The molecule has 2 saturated heterocycles. The molecular formula is C18H26N2O2. The molecule has 2 aliphatic rings. The van der Waals surface area contributed by atoms with Gasteiger partial charge in [0.05, 0.1) is 6.61 Å². The second kappa shape index (κ2) is 7.14. The van der Waals surface area contributed by atoms with E-state index >= 15 is 0 Å². The van der Waals surface area contributed by atoms with Crippen molar-refractivity contribution < 1.29 is 9.53 Å². The third kappa shape index (κ3) is 3.61. The molecule has 22 heavy (non-hydrogen) atoms. The maximum absolute atomic E-state index is 11.4. The Labute approximate surface area is 132 Å². The lowest BCUT2D eigenvalue weighted by Crippen LogP contribution is -2.40. The number of para-hydroxylation sites is 1. The number of likely N-dealkylation sites (tertiary alicyclic amines) is 1. The standard InChI is InChI=1S/C18H26N2O2/c1-14(21)20-9-7-15(8-10-20)18-12-19-11-16(18)13-22-17-5-3-2-4-6-17/h2-6,15-16,18-19H,7-13H2,1H3/t16-,18-/m1/s1. The number of carbonyl (C=O) groups excluding carboxylic acids is 1. The first kappa shape index (κ1) is 15.3. The van der Waals surface area contributed by atoms with E-state index in [1.807, 2.05) is 35.2 Å². The van der Waals surface area contributed by atoms with Crippen LogP contribution in [0.15, 0.2) is 30.3 Å². The van der Waals surface area contributed by atoms with Gasteiger partial charge in [-0.05, 0) is 43.4 Å². The lowest BCUT2D eigenvalue weighted by Gasteiger charge is -2.36. The molecule has 1 N–H and O–H groups in total. The summed E-state index contributed by atoms with van der Waals surface area (Å²) < 4.78 is 5.97. The molecule has 3 rings (SSSR count). The first-order chi connectivity index (χ1) is 10.7. The number of nitrogens with zero attached hydrogens (tertiary/aromatic N) is 1. The fourth-order valence-electron chi connectivity index (χ4n) is 3.85. The van der Waals surface area contributed by atoms with Crippen molar-refractivity contribution >= 4 is 5.91 Å². The molecule has 0 bridgehead atoms. The highest BCUT2D eigenvalue weighted by molar-refractivity contribution is 5.73. The van der Waals surface area contributed by atoms with E-state index in [-0.39, 0.29) is 5.91 Å². The van der Waals surface area contributed by atoms with Gasteiger partial charge in [0.2, 0.25) is 5.91 Å². The summed E-state index contributed by atoms with van der Waals surface area (Å²) >= 11 is 0. The zero-order valence-corrected chi connectivity index (χ0v) is 13.3. The van der Waals surface area contributed by atoms with Gasteiger partial charge in [-0.2, -0.15) is 0 Å². The van der Waals surface area contributed by atoms with E-state index in [2.05, 4.69) is 5.32 Å². The molecule has 2 fully saturated rings. The summed E-state index contributed by atoms with van der Waals surface area (Å²) in [5.74, 6) is 3.15. The minimum atomic E-state index is 0.215. The van der Waals surface area contributed by atoms with E-state index in [4.69, 9.17) is 4.74 Å². The summed E-state index contributed by atoms with van der Waals surface area (Å²) in [7, 11) is 0. The van der Waals surface area contributed by atoms with Crippen molar-refractivity contribution in [3.8, 4) is 5.75 Å². The third-order valence-corrected chi connectivity index (χ3v) is 5.19. The van der Waals surface area contributed by atoms with Crippen LogP contribution in [0.4, 0.5) is 0 Å². The first-order valence-electron chi connectivity index (χ1n) is 8.38. The molecule has 0 aliphatic carbocycles. The van der Waals surface area contributed by atoms with Gasteiger partial charge in [0, 0.05) is 32.5 Å². The van der Waals surface area contributed by atoms with Crippen LogP contribution in [-0.2, 0) is 4.79 Å². The monoisotopic (exact) mass is 302 g/mol. The highest BCUT2D eigenvalue weighted by atomic mass is 16.5. The summed E-state index contributed by atoms with van der Waals surface area (Å²) in [6.07, 6.45) is 2.27. The molecule has 0 saturated carbocycles. The first-order valence-corrected chi connectivity index (χ1v) is 8.38. The number of amides is 1. The average Bonchev–Trinajstić information content (AvgIpc) is 3.02. The van der Waals surface area contributed by atoms with Crippen LogP contribution < -0.4 is 10.1 Å². The maximum Gasteiger partial charge on any atom is 0.219 e. The lowest BCUT2D eigenvalue weighted by atomic mass is 9.79. The SMILES string of the molecule is CC(=O)N1CCC([C@H]2CNC[C@@H]2COc2ccccc2)CC1. The van der Waals surface area contributed by atoms with Gasteiger partial charge in [-0.1, -0.05) is 18.2 Å². The number of ether oxygens (including phenoxy) is 1. The van der Waals surface area contributed by atoms with E-state index in [0.717, 1.165) is 57.3 Å². The van der Waals surface area contributed by atoms with Crippen molar-refractivity contribution in [1.82, 2.24) is 10.2 Å². The maximum atomic E-state index is 11.4. The number of hydrogen-bond acceptors (Lipinski definition) is 3. The fraction of sp³-hybridized carbons (Fsp3) is 0.611. The third-order valence-electron chi connectivity index (χ3n) is 5.19. The normalized spacial score (nSPS) is 26.1. The number of carbonyl (C=O) groups is 1. The molecule has 4 heteroatoms. The summed E-state index contributed by atoms with van der Waals surface area (Å²) in [5.41, 5.74) is 0. The predicted octanol–water partition coefficient (Wildman–Crippen LogP) is 2.16. The molecule has 1 aromatic rings. The van der Waals surface area contributed by atoms with Crippen LogP contribution in [0.5, 0.6) is 5.75 Å². The van der Waals surface area contributed by atoms with Crippen molar-refractivity contribution in [1.29, 1.82) is 0 Å². The largest absolute Gasteiger partial charge is 0.493 e. The lowest BCUT2D eigenvalue weighted by molar-refractivity contribution is -0.130. The van der Waals surface area contributed by atoms with Gasteiger partial charge in [-0.15, -0.1) is 0 Å². The molecule has 4 nitrogen and oxygen atoms in total. The van der Waals surface area contributed by atoms with E-state index in [1.165, 1.54) is 0 Å². The zero-order chi connectivity index (χ0) is 15.4. The average molecular weight is 302 g/mol. The van der Waals surface area contributed by atoms with Crippen LogP contribution in [0.2, 0.25) is 0 Å². The van der Waals surface area contributed by atoms with E-state index in [9.17, 15) is 4.79 Å². The molecule has 2 atom stereocenters. The highest BCUT2D eigenvalue weighted by Gasteiger charge is 2.36. The van der Waals surface area contributed by atoms with Crippen molar-refractivity contribution in [2.24, 2.45) is 17.8 Å². The van der Waals surface area contributed by atoms with Crippen LogP contribution in [0.1, 0.15) is 19.8 Å². The summed E-state index contributed by atoms with van der Waals surface area (Å²) in [5, 5.41) is 3.53. The number of benzene rings is 1. The fourth-order valence-corrected chi connectivity index (χ4v) is 3.85. The van der Waals surface area contributed by atoms with Gasteiger partial charge >= 0.3 is 0 Å². The molecule has 1 aromatic carbocycles. The van der Waals surface area contributed by atoms with Gasteiger partial charge in [-0.3, -0.25) is 4.79 Å². The Kier molecular flexibility index (Phi) is 4.98. The molecule has 0 aromatic heterocycles. The van der Waals surface area contributed by atoms with Crippen LogP contribution in [0.3, 0.4) is 0 Å². The molecule has 1 amide bonds. The number of nitrogens with one attached hydrogen (secondary N) is 1. The zero-order valence-electron chi connectivity index (χ0n) is 13.3. The molecule has 120 valence electrons. The van der Waals surface area contributed by atoms with Crippen molar-refractivity contribution in [3.05, 3.63) is 30.3 Å². The second-order valence-electron chi connectivity index (χ2n) is 6.55. The van der Waals surface area contributed by atoms with E-state index < -0.39 is 0 Å². The van der Waals surface area contributed by atoms with Crippen LogP contribution in [0.25, 0.3) is 0 Å². The Morgan fingerprint density at radius 3 is 2.64 bits per heavy atom. The summed E-state index contributed by atoms with van der Waals surface area (Å²) in [4.78, 5) is 13.4. The quantitative estimate of drug-likeness (QED) is 0.927. The minimum Gasteiger partial charge on any atom is -0.493 e. The second-order valence-corrected chi connectivity index (χ2v) is 6.55. The number of piperidine rings is 1. The summed E-state index contributed by atoms with van der Waals surface area (Å²) in [6, 6.07) is 10.1. The Morgan fingerprint density at radius 1 is 1.23 bits per heavy atom. The Morgan fingerprint density at radius 2 is 1.95 bits per heavy atom. The van der Waals surface area contributed by atoms with Crippen LogP contribution in [0, 0.1) is 17.8 Å². The van der Waals surface area contributed by atoms with Gasteiger partial charge in [0.15, 0.2) is 0 Å². The minimum absolute atomic E-state index is 0.215. The van der Waals surface area contributed by atoms with Gasteiger partial charge in [0.1, 0.15) is 5.75 Å². The van der Waals surface area contributed by atoms with Gasteiger partial charge in [0.25, 0.3) is 0 Å².